The van der Waals surface area contributed by atoms with Crippen molar-refractivity contribution >= 4 is 23.4 Å². The molecule has 0 saturated carbocycles. The monoisotopic (exact) mass is 439 g/mol. The molecule has 4 aromatic rings. The van der Waals surface area contributed by atoms with E-state index in [9.17, 15) is 4.39 Å². The van der Waals surface area contributed by atoms with Crippen LogP contribution in [0, 0.1) is 12.7 Å². The zero-order valence-corrected chi connectivity index (χ0v) is 18.0. The van der Waals surface area contributed by atoms with Crippen molar-refractivity contribution in [2.45, 2.75) is 17.8 Å². The zero-order chi connectivity index (χ0) is 21.1. The van der Waals surface area contributed by atoms with Gasteiger partial charge in [0.15, 0.2) is 11.0 Å². The Morgan fingerprint density at radius 1 is 1.00 bits per heavy atom. The first-order chi connectivity index (χ1) is 14.6. The first-order valence-electron chi connectivity index (χ1n) is 9.30. The quantitative estimate of drug-likeness (QED) is 0.329. The van der Waals surface area contributed by atoms with Crippen molar-refractivity contribution in [1.82, 2.24) is 14.8 Å². The molecule has 7 heteroatoms. The van der Waals surface area contributed by atoms with Crippen LogP contribution in [-0.2, 0) is 5.75 Å². The molecule has 0 aliphatic carbocycles. The lowest BCUT2D eigenvalue weighted by molar-refractivity contribution is 0.415. The normalized spacial score (nSPS) is 10.9. The number of nitrogens with zero attached hydrogens (tertiary/aromatic N) is 3. The average Bonchev–Trinajstić information content (AvgIpc) is 3.17. The lowest BCUT2D eigenvalue weighted by Crippen LogP contribution is -2.02. The highest BCUT2D eigenvalue weighted by Crippen LogP contribution is 2.33. The number of rotatable bonds is 6. The molecule has 30 heavy (non-hydrogen) atoms. The van der Waals surface area contributed by atoms with E-state index in [-0.39, 0.29) is 5.82 Å². The summed E-state index contributed by atoms with van der Waals surface area (Å²) in [5.74, 6) is 1.49. The first-order valence-corrected chi connectivity index (χ1v) is 10.7. The molecule has 0 amide bonds. The molecule has 0 spiro atoms. The van der Waals surface area contributed by atoms with Crippen LogP contribution in [-0.4, -0.2) is 21.9 Å². The Morgan fingerprint density at radius 3 is 2.47 bits per heavy atom. The molecule has 1 heterocycles. The van der Waals surface area contributed by atoms with Gasteiger partial charge in [0.2, 0.25) is 0 Å². The molecular formula is C23H19ClFN3OS. The van der Waals surface area contributed by atoms with Gasteiger partial charge in [-0.25, -0.2) is 4.39 Å². The van der Waals surface area contributed by atoms with Crippen molar-refractivity contribution in [3.63, 3.8) is 0 Å². The van der Waals surface area contributed by atoms with E-state index < -0.39 is 0 Å². The number of aromatic nitrogens is 3. The van der Waals surface area contributed by atoms with Crippen molar-refractivity contribution < 1.29 is 9.13 Å². The van der Waals surface area contributed by atoms with Gasteiger partial charge in [0, 0.05) is 21.9 Å². The topological polar surface area (TPSA) is 39.9 Å². The molecule has 0 atom stereocenters. The minimum absolute atomic E-state index is 0.327. The summed E-state index contributed by atoms with van der Waals surface area (Å²) in [7, 11) is 1.63. The Balaban J connectivity index is 1.77. The summed E-state index contributed by atoms with van der Waals surface area (Å²) in [5.41, 5.74) is 3.41. The molecule has 0 radical (unpaired) electrons. The van der Waals surface area contributed by atoms with Gasteiger partial charge in [-0.15, -0.1) is 10.2 Å². The van der Waals surface area contributed by atoms with Crippen LogP contribution in [0.1, 0.15) is 11.1 Å². The number of hydrogen-bond acceptors (Lipinski definition) is 4. The van der Waals surface area contributed by atoms with Crippen molar-refractivity contribution in [1.29, 1.82) is 0 Å². The number of aryl methyl sites for hydroxylation is 1. The summed E-state index contributed by atoms with van der Waals surface area (Å²) in [4.78, 5) is 0. The van der Waals surface area contributed by atoms with E-state index in [1.165, 1.54) is 17.8 Å². The fraction of sp³-hybridized carbons (Fsp3) is 0.130. The summed E-state index contributed by atoms with van der Waals surface area (Å²) < 4.78 is 21.5. The molecule has 0 fully saturated rings. The maximum Gasteiger partial charge on any atom is 0.196 e. The van der Waals surface area contributed by atoms with Gasteiger partial charge >= 0.3 is 0 Å². The van der Waals surface area contributed by atoms with Gasteiger partial charge in [-0.1, -0.05) is 47.6 Å². The van der Waals surface area contributed by atoms with Gasteiger partial charge in [0.25, 0.3) is 0 Å². The van der Waals surface area contributed by atoms with Crippen LogP contribution in [0.2, 0.25) is 5.02 Å². The number of thioether (sulfide) groups is 1. The highest BCUT2D eigenvalue weighted by molar-refractivity contribution is 7.98. The molecule has 0 aliphatic heterocycles. The predicted molar refractivity (Wildman–Crippen MR) is 119 cm³/mol. The van der Waals surface area contributed by atoms with Crippen molar-refractivity contribution in [2.75, 3.05) is 7.11 Å². The highest BCUT2D eigenvalue weighted by atomic mass is 35.5. The van der Waals surface area contributed by atoms with Crippen LogP contribution in [0.25, 0.3) is 17.1 Å². The van der Waals surface area contributed by atoms with Crippen molar-refractivity contribution in [3.05, 3.63) is 88.7 Å². The van der Waals surface area contributed by atoms with E-state index in [2.05, 4.69) is 10.2 Å². The molecule has 0 aliphatic rings. The maximum atomic E-state index is 14.2. The summed E-state index contributed by atoms with van der Waals surface area (Å²) in [6.45, 7) is 2.04. The maximum absolute atomic E-state index is 14.2. The fourth-order valence-electron chi connectivity index (χ4n) is 3.13. The third-order valence-corrected chi connectivity index (χ3v) is 6.05. The van der Waals surface area contributed by atoms with Gasteiger partial charge in [0.05, 0.1) is 12.8 Å². The Morgan fingerprint density at radius 2 is 1.77 bits per heavy atom. The lowest BCUT2D eigenvalue weighted by Gasteiger charge is -2.13. The standard InChI is InChI=1S/C23H19ClFN3OS/c1-15-6-3-4-9-21(15)28-22(16-10-12-17(29-2)13-11-16)26-27-23(28)30-14-18-19(24)7-5-8-20(18)25/h3-13H,14H2,1-2H3. The smallest absolute Gasteiger partial charge is 0.196 e. The number of ether oxygens (including phenoxy) is 1. The molecule has 0 saturated heterocycles. The molecule has 152 valence electrons. The van der Waals surface area contributed by atoms with Crippen molar-refractivity contribution in [3.8, 4) is 22.8 Å². The van der Waals surface area contributed by atoms with E-state index in [4.69, 9.17) is 16.3 Å². The van der Waals surface area contributed by atoms with Gasteiger partial charge in [-0.3, -0.25) is 4.57 Å². The SMILES string of the molecule is COc1ccc(-c2nnc(SCc3c(F)cccc3Cl)n2-c2ccccc2C)cc1. The van der Waals surface area contributed by atoms with Crippen LogP contribution in [0.3, 0.4) is 0 Å². The van der Waals surface area contributed by atoms with Gasteiger partial charge in [-0.05, 0) is 55.0 Å². The largest absolute Gasteiger partial charge is 0.497 e. The second-order valence-corrected chi connectivity index (χ2v) is 8.00. The Kier molecular flexibility index (Phi) is 6.06. The number of benzene rings is 3. The van der Waals surface area contributed by atoms with E-state index in [0.29, 0.717) is 27.3 Å². The minimum Gasteiger partial charge on any atom is -0.497 e. The first kappa shape index (κ1) is 20.4. The highest BCUT2D eigenvalue weighted by Gasteiger charge is 2.18. The second-order valence-electron chi connectivity index (χ2n) is 6.65. The summed E-state index contributed by atoms with van der Waals surface area (Å²) in [6, 6.07) is 20.4. The molecule has 4 rings (SSSR count). The second kappa shape index (κ2) is 8.90. The summed E-state index contributed by atoms with van der Waals surface area (Å²) >= 11 is 7.59. The van der Waals surface area contributed by atoms with Gasteiger partial charge in [-0.2, -0.15) is 0 Å². The summed E-state index contributed by atoms with van der Waals surface area (Å²) in [6.07, 6.45) is 0. The predicted octanol–water partition coefficient (Wildman–Crippen LogP) is 6.34. The van der Waals surface area contributed by atoms with Crippen LogP contribution in [0.15, 0.2) is 71.9 Å². The van der Waals surface area contributed by atoms with Crippen LogP contribution in [0.5, 0.6) is 5.75 Å². The fourth-order valence-corrected chi connectivity index (χ4v) is 4.42. The molecule has 0 N–H and O–H groups in total. The minimum atomic E-state index is -0.327. The molecule has 3 aromatic carbocycles. The lowest BCUT2D eigenvalue weighted by atomic mass is 10.1. The van der Waals surface area contributed by atoms with Gasteiger partial charge in [0.1, 0.15) is 11.6 Å². The number of para-hydroxylation sites is 1. The molecule has 1 aromatic heterocycles. The van der Waals surface area contributed by atoms with Gasteiger partial charge < -0.3 is 4.74 Å². The third kappa shape index (κ3) is 4.06. The Bertz CT molecular complexity index is 1160. The Hall–Kier alpha value is -2.83. The van der Waals surface area contributed by atoms with Crippen LogP contribution < -0.4 is 4.74 Å². The summed E-state index contributed by atoms with van der Waals surface area (Å²) in [5, 5.41) is 9.91. The Labute approximate surface area is 183 Å². The molecule has 0 unspecified atom stereocenters. The molecular weight excluding hydrogens is 421 g/mol. The van der Waals surface area contributed by atoms with E-state index in [1.54, 1.807) is 19.2 Å². The molecule has 4 nitrogen and oxygen atoms in total. The third-order valence-electron chi connectivity index (χ3n) is 4.75. The van der Waals surface area contributed by atoms with Crippen LogP contribution >= 0.6 is 23.4 Å². The number of methoxy groups -OCH3 is 1. The van der Waals surface area contributed by atoms with E-state index >= 15 is 0 Å². The van der Waals surface area contributed by atoms with E-state index in [0.717, 1.165) is 22.6 Å². The van der Waals surface area contributed by atoms with Crippen LogP contribution in [0.4, 0.5) is 4.39 Å². The number of hydrogen-bond donors (Lipinski definition) is 0. The molecule has 0 bridgehead atoms. The number of halogens is 2. The zero-order valence-electron chi connectivity index (χ0n) is 16.5. The van der Waals surface area contributed by atoms with E-state index in [1.807, 2.05) is 60.0 Å². The van der Waals surface area contributed by atoms with Crippen molar-refractivity contribution in [2.24, 2.45) is 0 Å². The average molecular weight is 440 g/mol.